The van der Waals surface area contributed by atoms with E-state index >= 15 is 0 Å². The van der Waals surface area contributed by atoms with Gasteiger partial charge in [0.05, 0.1) is 5.69 Å². The van der Waals surface area contributed by atoms with Crippen molar-refractivity contribution in [3.8, 4) is 0 Å². The first kappa shape index (κ1) is 22.5. The molecule has 170 valence electrons. The van der Waals surface area contributed by atoms with Crippen molar-refractivity contribution in [3.63, 3.8) is 0 Å². The van der Waals surface area contributed by atoms with Crippen LogP contribution in [0.1, 0.15) is 31.1 Å². The highest BCUT2D eigenvalue weighted by molar-refractivity contribution is 6.07. The molecule has 4 rings (SSSR count). The summed E-state index contributed by atoms with van der Waals surface area (Å²) in [6.07, 6.45) is 0. The monoisotopic (exact) mass is 448 g/mol. The number of para-hydroxylation sites is 1. The van der Waals surface area contributed by atoms with Crippen molar-refractivity contribution in [3.05, 3.63) is 78.1 Å². The summed E-state index contributed by atoms with van der Waals surface area (Å²) < 4.78 is 19.9. The van der Waals surface area contributed by atoms with Gasteiger partial charge in [-0.05, 0) is 55.8 Å². The Hall–Kier alpha value is -3.74. The lowest BCUT2D eigenvalue weighted by Gasteiger charge is -2.24. The van der Waals surface area contributed by atoms with Crippen molar-refractivity contribution in [2.45, 2.75) is 32.4 Å². The minimum absolute atomic E-state index is 0.0542. The molecular formula is C26H25FN2O4. The van der Waals surface area contributed by atoms with Crippen LogP contribution in [0.4, 0.5) is 10.1 Å². The summed E-state index contributed by atoms with van der Waals surface area (Å²) in [6.45, 7) is 5.06. The van der Waals surface area contributed by atoms with Gasteiger partial charge in [-0.15, -0.1) is 0 Å². The van der Waals surface area contributed by atoms with Crippen LogP contribution in [0.25, 0.3) is 10.8 Å². The van der Waals surface area contributed by atoms with Crippen molar-refractivity contribution < 1.29 is 23.5 Å². The molecule has 0 spiro atoms. The molecule has 0 aromatic heterocycles. The number of halogens is 1. The van der Waals surface area contributed by atoms with E-state index in [0.717, 1.165) is 10.8 Å². The second-order valence-corrected chi connectivity index (χ2v) is 9.05. The van der Waals surface area contributed by atoms with Gasteiger partial charge >= 0.3 is 5.97 Å². The van der Waals surface area contributed by atoms with Gasteiger partial charge in [-0.1, -0.05) is 42.5 Å². The van der Waals surface area contributed by atoms with Gasteiger partial charge in [0.25, 0.3) is 11.8 Å². The molecular weight excluding hydrogens is 423 g/mol. The molecule has 3 aromatic rings. The lowest BCUT2D eigenvalue weighted by atomic mass is 10.0. The third-order valence-electron chi connectivity index (χ3n) is 5.46. The summed E-state index contributed by atoms with van der Waals surface area (Å²) in [5.41, 5.74) is -0.370. The average molecular weight is 448 g/mol. The fourth-order valence-corrected chi connectivity index (χ4v) is 3.93. The smallest absolute Gasteiger partial charge is 0.313 e. The van der Waals surface area contributed by atoms with Crippen LogP contribution in [0.5, 0.6) is 0 Å². The number of esters is 1. The summed E-state index contributed by atoms with van der Waals surface area (Å²) in [4.78, 5) is 40.4. The van der Waals surface area contributed by atoms with Crippen molar-refractivity contribution in [2.24, 2.45) is 5.92 Å². The maximum Gasteiger partial charge on any atom is 0.313 e. The van der Waals surface area contributed by atoms with Crippen molar-refractivity contribution in [1.82, 2.24) is 5.32 Å². The Bertz CT molecular complexity index is 1230. The summed E-state index contributed by atoms with van der Waals surface area (Å²) >= 11 is 0. The van der Waals surface area contributed by atoms with Crippen LogP contribution < -0.4 is 10.2 Å². The number of hydrogen-bond acceptors (Lipinski definition) is 4. The van der Waals surface area contributed by atoms with Crippen molar-refractivity contribution in [1.29, 1.82) is 0 Å². The summed E-state index contributed by atoms with van der Waals surface area (Å²) in [5.74, 6) is -3.26. The van der Waals surface area contributed by atoms with E-state index in [1.165, 1.54) is 23.1 Å². The first-order chi connectivity index (χ1) is 15.6. The number of hydrogen-bond donors (Lipinski definition) is 1. The first-order valence-corrected chi connectivity index (χ1v) is 10.7. The lowest BCUT2D eigenvalue weighted by Crippen LogP contribution is -2.47. The molecule has 2 unspecified atom stereocenters. The number of nitrogens with one attached hydrogen (secondary N) is 1. The van der Waals surface area contributed by atoms with Crippen LogP contribution in [0.15, 0.2) is 66.7 Å². The molecule has 0 radical (unpaired) electrons. The highest BCUT2D eigenvalue weighted by Gasteiger charge is 2.48. The van der Waals surface area contributed by atoms with Gasteiger partial charge in [0.2, 0.25) is 0 Å². The van der Waals surface area contributed by atoms with E-state index in [0.29, 0.717) is 5.56 Å². The highest BCUT2D eigenvalue weighted by atomic mass is 19.1. The molecule has 33 heavy (non-hydrogen) atoms. The van der Waals surface area contributed by atoms with Gasteiger partial charge in [0, 0.05) is 12.1 Å². The van der Waals surface area contributed by atoms with Crippen molar-refractivity contribution in [2.75, 3.05) is 11.4 Å². The molecule has 0 saturated carbocycles. The predicted molar refractivity (Wildman–Crippen MR) is 123 cm³/mol. The zero-order valence-electron chi connectivity index (χ0n) is 18.7. The number of rotatable bonds is 4. The Kier molecular flexibility index (Phi) is 5.89. The van der Waals surface area contributed by atoms with E-state index in [-0.39, 0.29) is 12.2 Å². The predicted octanol–water partition coefficient (Wildman–Crippen LogP) is 4.08. The average Bonchev–Trinajstić information content (AvgIpc) is 3.08. The molecule has 1 N–H and O–H groups in total. The zero-order chi connectivity index (χ0) is 23.8. The van der Waals surface area contributed by atoms with E-state index in [9.17, 15) is 18.8 Å². The van der Waals surface area contributed by atoms with Crippen LogP contribution in [-0.2, 0) is 14.3 Å². The fourth-order valence-electron chi connectivity index (χ4n) is 3.93. The van der Waals surface area contributed by atoms with Gasteiger partial charge in [0.1, 0.15) is 23.4 Å². The van der Waals surface area contributed by atoms with Gasteiger partial charge in [-0.2, -0.15) is 0 Å². The molecule has 2 amide bonds. The largest absolute Gasteiger partial charge is 0.460 e. The molecule has 7 heteroatoms. The van der Waals surface area contributed by atoms with Crippen LogP contribution in [0.2, 0.25) is 0 Å². The number of ether oxygens (including phenoxy) is 1. The van der Waals surface area contributed by atoms with E-state index in [1.54, 1.807) is 39.0 Å². The molecule has 1 heterocycles. The molecule has 1 saturated heterocycles. The maximum atomic E-state index is 14.4. The molecule has 1 fully saturated rings. The maximum absolute atomic E-state index is 14.4. The van der Waals surface area contributed by atoms with Crippen LogP contribution in [0.3, 0.4) is 0 Å². The second-order valence-electron chi connectivity index (χ2n) is 9.05. The number of nitrogens with zero attached hydrogens (tertiary/aromatic N) is 1. The van der Waals surface area contributed by atoms with Gasteiger partial charge in [-0.25, -0.2) is 4.39 Å². The third-order valence-corrected chi connectivity index (χ3v) is 5.46. The number of benzene rings is 3. The van der Waals surface area contributed by atoms with Crippen LogP contribution in [-0.4, -0.2) is 36.0 Å². The van der Waals surface area contributed by atoms with Gasteiger partial charge in [0.15, 0.2) is 0 Å². The third kappa shape index (κ3) is 4.72. The number of carbonyl (C=O) groups is 3. The zero-order valence-corrected chi connectivity index (χ0v) is 18.7. The number of amides is 2. The van der Waals surface area contributed by atoms with E-state index in [4.69, 9.17) is 4.74 Å². The first-order valence-electron chi connectivity index (χ1n) is 10.7. The van der Waals surface area contributed by atoms with Crippen LogP contribution in [0, 0.1) is 11.7 Å². The summed E-state index contributed by atoms with van der Waals surface area (Å²) in [6, 6.07) is 17.4. The van der Waals surface area contributed by atoms with Crippen molar-refractivity contribution >= 4 is 34.2 Å². The summed E-state index contributed by atoms with van der Waals surface area (Å²) in [5, 5.41) is 4.54. The summed E-state index contributed by atoms with van der Waals surface area (Å²) in [7, 11) is 0. The van der Waals surface area contributed by atoms with E-state index in [2.05, 4.69) is 5.32 Å². The number of anilines is 1. The fraction of sp³-hybridized carbons (Fsp3) is 0.269. The van der Waals surface area contributed by atoms with Crippen LogP contribution >= 0.6 is 0 Å². The van der Waals surface area contributed by atoms with E-state index in [1.807, 2.05) is 30.3 Å². The molecule has 3 aromatic carbocycles. The molecule has 1 aliphatic heterocycles. The molecule has 2 atom stereocenters. The topological polar surface area (TPSA) is 75.7 Å². The van der Waals surface area contributed by atoms with Gasteiger partial charge in [-0.3, -0.25) is 14.4 Å². The molecule has 0 bridgehead atoms. The Morgan fingerprint density at radius 3 is 2.36 bits per heavy atom. The SMILES string of the molecule is CC(C)(C)OC(=O)C1CN(c2ccccc2F)C(=O)C1NC(=O)c1ccc2ccccc2c1. The van der Waals surface area contributed by atoms with E-state index < -0.39 is 41.2 Å². The number of fused-ring (bicyclic) bond motifs is 1. The second kappa shape index (κ2) is 8.65. The number of carbonyl (C=O) groups excluding carboxylic acids is 3. The molecule has 1 aliphatic rings. The Morgan fingerprint density at radius 1 is 1.00 bits per heavy atom. The van der Waals surface area contributed by atoms with Gasteiger partial charge < -0.3 is 15.0 Å². The molecule has 6 nitrogen and oxygen atoms in total. The molecule has 0 aliphatic carbocycles. The standard InChI is InChI=1S/C26H25FN2O4/c1-26(2,3)33-25(32)19-15-29(21-11-7-6-10-20(21)27)24(31)22(19)28-23(30)18-13-12-16-8-4-5-9-17(16)14-18/h4-14,19,22H,15H2,1-3H3,(H,28,30). The Labute approximate surface area is 191 Å². The highest BCUT2D eigenvalue weighted by Crippen LogP contribution is 2.30. The normalized spacial score (nSPS) is 18.4. The lowest BCUT2D eigenvalue weighted by molar-refractivity contribution is -0.160. The minimum atomic E-state index is -1.18. The minimum Gasteiger partial charge on any atom is -0.460 e. The Morgan fingerprint density at radius 2 is 1.67 bits per heavy atom. The Balaban J connectivity index is 1.64. The quantitative estimate of drug-likeness (QED) is 0.611.